The molecule has 0 aromatic heterocycles. The summed E-state index contributed by atoms with van der Waals surface area (Å²) in [7, 11) is 1.66. The first-order chi connectivity index (χ1) is 7.95. The fourth-order valence-corrected chi connectivity index (χ4v) is 1.54. The summed E-state index contributed by atoms with van der Waals surface area (Å²) in [5.74, 6) is -1.36. The van der Waals surface area contributed by atoms with Gasteiger partial charge in [-0.15, -0.1) is 0 Å². The third-order valence-corrected chi connectivity index (χ3v) is 2.79. The van der Waals surface area contributed by atoms with Gasteiger partial charge in [0.15, 0.2) is 0 Å². The van der Waals surface area contributed by atoms with Gasteiger partial charge in [-0.3, -0.25) is 4.79 Å². The number of amides is 1. The molecule has 1 unspecified atom stereocenters. The molecule has 17 heavy (non-hydrogen) atoms. The minimum atomic E-state index is -1.08. The average Bonchev–Trinajstić information content (AvgIpc) is 2.29. The highest BCUT2D eigenvalue weighted by Gasteiger charge is 2.15. The minimum absolute atomic E-state index is 0.0519. The normalized spacial score (nSPS) is 11.9. The molecule has 1 rings (SSSR count). The van der Waals surface area contributed by atoms with Gasteiger partial charge in [0.25, 0.3) is 0 Å². The third-order valence-electron chi connectivity index (χ3n) is 2.30. The molecule has 1 amide bonds. The number of benzene rings is 1. The van der Waals surface area contributed by atoms with E-state index in [1.54, 1.807) is 26.1 Å². The Hall–Kier alpha value is -1.40. The Morgan fingerprint density at radius 1 is 1.41 bits per heavy atom. The zero-order valence-electron chi connectivity index (χ0n) is 9.45. The van der Waals surface area contributed by atoms with Crippen LogP contribution < -0.4 is 10.6 Å². The lowest BCUT2D eigenvalue weighted by atomic mass is 10.1. The number of rotatable bonds is 4. The molecule has 92 valence electrons. The predicted molar refractivity (Wildman–Crippen MR) is 68.3 cm³/mol. The molecule has 0 spiro atoms. The van der Waals surface area contributed by atoms with E-state index in [-0.39, 0.29) is 23.2 Å². The number of nitrogens with one attached hydrogen (secondary N) is 2. The number of hydrogen-bond donors (Lipinski definition) is 3. The van der Waals surface area contributed by atoms with Crippen LogP contribution in [0.3, 0.4) is 0 Å². The van der Waals surface area contributed by atoms with E-state index in [2.05, 4.69) is 26.6 Å². The first kappa shape index (κ1) is 13.7. The van der Waals surface area contributed by atoms with Crippen molar-refractivity contribution in [3.8, 4) is 0 Å². The van der Waals surface area contributed by atoms with E-state index in [0.29, 0.717) is 4.47 Å². The molecule has 0 radical (unpaired) electrons. The van der Waals surface area contributed by atoms with Gasteiger partial charge >= 0.3 is 5.97 Å². The van der Waals surface area contributed by atoms with Crippen molar-refractivity contribution in [3.05, 3.63) is 28.2 Å². The molecule has 6 heteroatoms. The Morgan fingerprint density at radius 3 is 2.59 bits per heavy atom. The quantitative estimate of drug-likeness (QED) is 0.791. The fourth-order valence-electron chi connectivity index (χ4n) is 1.17. The number of carboxylic acids is 1. The molecule has 1 atom stereocenters. The number of aromatic carboxylic acids is 1. The Morgan fingerprint density at radius 2 is 2.06 bits per heavy atom. The lowest BCUT2D eigenvalue weighted by Crippen LogP contribution is -2.35. The van der Waals surface area contributed by atoms with Crippen molar-refractivity contribution >= 4 is 33.5 Å². The second-order valence-corrected chi connectivity index (χ2v) is 4.41. The zero-order valence-corrected chi connectivity index (χ0v) is 11.0. The molecule has 0 aliphatic carbocycles. The molecule has 0 fully saturated rings. The summed E-state index contributed by atoms with van der Waals surface area (Å²) < 4.78 is 0.648. The number of anilines is 1. The number of likely N-dealkylation sites (N-methyl/N-ethyl adjacent to an activating group) is 1. The predicted octanol–water partition coefficient (Wildman–Crippen LogP) is 1.69. The first-order valence-electron chi connectivity index (χ1n) is 4.96. The van der Waals surface area contributed by atoms with E-state index in [0.717, 1.165) is 0 Å². The number of carbonyl (C=O) groups is 2. The lowest BCUT2D eigenvalue weighted by Gasteiger charge is -2.13. The molecule has 1 aromatic carbocycles. The van der Waals surface area contributed by atoms with E-state index in [9.17, 15) is 9.59 Å². The monoisotopic (exact) mass is 300 g/mol. The molecular weight excluding hydrogens is 288 g/mol. The van der Waals surface area contributed by atoms with Gasteiger partial charge in [-0.05, 0) is 32.2 Å². The average molecular weight is 301 g/mol. The maximum absolute atomic E-state index is 11.6. The van der Waals surface area contributed by atoms with Crippen LogP contribution >= 0.6 is 15.9 Å². The highest BCUT2D eigenvalue weighted by Crippen LogP contribution is 2.21. The van der Waals surface area contributed by atoms with Crippen LogP contribution in [0, 0.1) is 0 Å². The molecule has 0 heterocycles. The lowest BCUT2D eigenvalue weighted by molar-refractivity contribution is -0.117. The van der Waals surface area contributed by atoms with Crippen LogP contribution in [-0.2, 0) is 4.79 Å². The Labute approximate surface area is 107 Å². The van der Waals surface area contributed by atoms with Gasteiger partial charge in [0.1, 0.15) is 0 Å². The van der Waals surface area contributed by atoms with Crippen molar-refractivity contribution in [1.29, 1.82) is 0 Å². The van der Waals surface area contributed by atoms with E-state index in [1.165, 1.54) is 6.07 Å². The van der Waals surface area contributed by atoms with E-state index < -0.39 is 5.97 Å². The van der Waals surface area contributed by atoms with Crippen molar-refractivity contribution < 1.29 is 14.7 Å². The topological polar surface area (TPSA) is 78.4 Å². The van der Waals surface area contributed by atoms with Crippen molar-refractivity contribution in [2.75, 3.05) is 12.4 Å². The number of halogens is 1. The summed E-state index contributed by atoms with van der Waals surface area (Å²) in [6, 6.07) is 4.28. The molecule has 0 saturated heterocycles. The number of carboxylic acid groups (broad SMARTS) is 1. The van der Waals surface area contributed by atoms with Crippen LogP contribution in [0.2, 0.25) is 0 Å². The fraction of sp³-hybridized carbons (Fsp3) is 0.273. The van der Waals surface area contributed by atoms with Gasteiger partial charge in [0, 0.05) is 4.47 Å². The molecule has 0 aliphatic heterocycles. The molecule has 5 nitrogen and oxygen atoms in total. The van der Waals surface area contributed by atoms with Crippen LogP contribution in [0.15, 0.2) is 22.7 Å². The molecular formula is C11H13BrN2O3. The number of carbonyl (C=O) groups excluding carboxylic acids is 1. The second kappa shape index (κ2) is 5.79. The van der Waals surface area contributed by atoms with Gasteiger partial charge in [-0.2, -0.15) is 0 Å². The zero-order chi connectivity index (χ0) is 13.0. The maximum Gasteiger partial charge on any atom is 0.337 e. The SMILES string of the molecule is CNC(C)C(=O)Nc1ccc(Br)cc1C(=O)O. The maximum atomic E-state index is 11.6. The minimum Gasteiger partial charge on any atom is -0.478 e. The van der Waals surface area contributed by atoms with Crippen LogP contribution in [0.4, 0.5) is 5.69 Å². The smallest absolute Gasteiger partial charge is 0.337 e. The summed E-state index contributed by atoms with van der Waals surface area (Å²) in [5.41, 5.74) is 0.337. The Balaban J connectivity index is 2.98. The molecule has 3 N–H and O–H groups in total. The Bertz CT molecular complexity index is 448. The van der Waals surface area contributed by atoms with Crippen molar-refractivity contribution in [1.82, 2.24) is 5.32 Å². The van der Waals surface area contributed by atoms with E-state index >= 15 is 0 Å². The second-order valence-electron chi connectivity index (χ2n) is 3.49. The van der Waals surface area contributed by atoms with Crippen LogP contribution in [-0.4, -0.2) is 30.1 Å². The van der Waals surface area contributed by atoms with Gasteiger partial charge in [-0.1, -0.05) is 15.9 Å². The van der Waals surface area contributed by atoms with Crippen molar-refractivity contribution in [2.45, 2.75) is 13.0 Å². The summed E-state index contributed by atoms with van der Waals surface area (Å²) in [6.45, 7) is 1.69. The van der Waals surface area contributed by atoms with Gasteiger partial charge in [0.05, 0.1) is 17.3 Å². The van der Waals surface area contributed by atoms with Crippen LogP contribution in [0.5, 0.6) is 0 Å². The largest absolute Gasteiger partial charge is 0.478 e. The first-order valence-corrected chi connectivity index (χ1v) is 5.76. The highest BCUT2D eigenvalue weighted by molar-refractivity contribution is 9.10. The Kier molecular flexibility index (Phi) is 4.65. The van der Waals surface area contributed by atoms with Gasteiger partial charge in [-0.25, -0.2) is 4.79 Å². The molecule has 0 bridgehead atoms. The van der Waals surface area contributed by atoms with Crippen LogP contribution in [0.25, 0.3) is 0 Å². The van der Waals surface area contributed by atoms with Crippen molar-refractivity contribution in [2.24, 2.45) is 0 Å². The number of hydrogen-bond acceptors (Lipinski definition) is 3. The third kappa shape index (κ3) is 3.54. The summed E-state index contributed by atoms with van der Waals surface area (Å²) in [4.78, 5) is 22.6. The van der Waals surface area contributed by atoms with Gasteiger partial charge in [0.2, 0.25) is 5.91 Å². The van der Waals surface area contributed by atoms with Gasteiger partial charge < -0.3 is 15.7 Å². The standard InChI is InChI=1S/C11H13BrN2O3/c1-6(13-2)10(15)14-9-4-3-7(12)5-8(9)11(16)17/h3-6,13H,1-2H3,(H,14,15)(H,16,17). The molecule has 0 saturated carbocycles. The van der Waals surface area contributed by atoms with E-state index in [4.69, 9.17) is 5.11 Å². The highest BCUT2D eigenvalue weighted by atomic mass is 79.9. The van der Waals surface area contributed by atoms with Crippen molar-refractivity contribution in [3.63, 3.8) is 0 Å². The van der Waals surface area contributed by atoms with E-state index in [1.807, 2.05) is 0 Å². The van der Waals surface area contributed by atoms with Crippen LogP contribution in [0.1, 0.15) is 17.3 Å². The summed E-state index contributed by atoms with van der Waals surface area (Å²) in [5, 5.41) is 14.4. The molecule has 1 aromatic rings. The summed E-state index contributed by atoms with van der Waals surface area (Å²) in [6.07, 6.45) is 0. The summed E-state index contributed by atoms with van der Waals surface area (Å²) >= 11 is 3.19. The molecule has 0 aliphatic rings.